The summed E-state index contributed by atoms with van der Waals surface area (Å²) in [6.07, 6.45) is 0. The monoisotopic (exact) mass is 261 g/mol. The molecule has 3 rings (SSSR count). The van der Waals surface area contributed by atoms with Crippen LogP contribution in [0.25, 0.3) is 11.4 Å². The fourth-order valence-electron chi connectivity index (χ4n) is 1.84. The van der Waals surface area contributed by atoms with Crippen molar-refractivity contribution in [3.63, 3.8) is 0 Å². The first kappa shape index (κ1) is 12.0. The lowest BCUT2D eigenvalue weighted by Gasteiger charge is -2.19. The molecular formula is C13H15N3O3. The van der Waals surface area contributed by atoms with Crippen molar-refractivity contribution in [2.24, 2.45) is 5.73 Å². The van der Waals surface area contributed by atoms with E-state index in [2.05, 4.69) is 10.1 Å². The van der Waals surface area contributed by atoms with Crippen LogP contribution in [0.4, 0.5) is 0 Å². The Morgan fingerprint density at radius 2 is 2.00 bits per heavy atom. The van der Waals surface area contributed by atoms with E-state index in [4.69, 9.17) is 19.7 Å². The smallest absolute Gasteiger partial charge is 0.246 e. The molecule has 1 aliphatic rings. The summed E-state index contributed by atoms with van der Waals surface area (Å²) < 4.78 is 16.3. The minimum absolute atomic E-state index is 0.386. The molecule has 0 bridgehead atoms. The molecule has 1 aromatic carbocycles. The molecule has 0 amide bonds. The van der Waals surface area contributed by atoms with Crippen molar-refractivity contribution in [3.8, 4) is 22.9 Å². The van der Waals surface area contributed by atoms with E-state index in [1.165, 1.54) is 0 Å². The standard InChI is InChI=1S/C13H15N3O3/c1-13(2,14)12-15-11(16-19-12)8-4-3-5-9-10(8)18-7-6-17-9/h3-5H,6-7,14H2,1-2H3. The maximum absolute atomic E-state index is 5.93. The van der Waals surface area contributed by atoms with Crippen LogP contribution in [0.5, 0.6) is 11.5 Å². The topological polar surface area (TPSA) is 83.4 Å². The van der Waals surface area contributed by atoms with Gasteiger partial charge in [0, 0.05) is 0 Å². The van der Waals surface area contributed by atoms with Crippen molar-refractivity contribution in [2.75, 3.05) is 13.2 Å². The normalized spacial score (nSPS) is 14.5. The quantitative estimate of drug-likeness (QED) is 0.885. The molecule has 2 N–H and O–H groups in total. The van der Waals surface area contributed by atoms with Crippen LogP contribution in [0.3, 0.4) is 0 Å². The molecule has 0 atom stereocenters. The van der Waals surface area contributed by atoms with Gasteiger partial charge < -0.3 is 19.7 Å². The first-order chi connectivity index (χ1) is 9.05. The van der Waals surface area contributed by atoms with E-state index >= 15 is 0 Å². The number of aromatic nitrogens is 2. The second-order valence-corrected chi connectivity index (χ2v) is 4.97. The highest BCUT2D eigenvalue weighted by molar-refractivity contribution is 5.68. The third-order valence-electron chi connectivity index (χ3n) is 2.78. The number of benzene rings is 1. The van der Waals surface area contributed by atoms with Gasteiger partial charge >= 0.3 is 0 Å². The number of hydrogen-bond acceptors (Lipinski definition) is 6. The maximum atomic E-state index is 5.93. The summed E-state index contributed by atoms with van der Waals surface area (Å²) in [5, 5.41) is 3.96. The van der Waals surface area contributed by atoms with E-state index in [0.717, 1.165) is 5.56 Å². The fraction of sp³-hybridized carbons (Fsp3) is 0.385. The van der Waals surface area contributed by atoms with Crippen molar-refractivity contribution < 1.29 is 14.0 Å². The van der Waals surface area contributed by atoms with Gasteiger partial charge in [0.1, 0.15) is 13.2 Å². The highest BCUT2D eigenvalue weighted by Gasteiger charge is 2.25. The fourth-order valence-corrected chi connectivity index (χ4v) is 1.84. The van der Waals surface area contributed by atoms with Gasteiger partial charge in [-0.25, -0.2) is 0 Å². The Bertz CT molecular complexity index is 601. The lowest BCUT2D eigenvalue weighted by atomic mass is 10.1. The van der Waals surface area contributed by atoms with Crippen molar-refractivity contribution in [2.45, 2.75) is 19.4 Å². The van der Waals surface area contributed by atoms with Gasteiger partial charge in [-0.1, -0.05) is 11.2 Å². The van der Waals surface area contributed by atoms with Crippen LogP contribution >= 0.6 is 0 Å². The van der Waals surface area contributed by atoms with Gasteiger partial charge in [0.25, 0.3) is 0 Å². The van der Waals surface area contributed by atoms with Gasteiger partial charge in [-0.05, 0) is 26.0 Å². The van der Waals surface area contributed by atoms with Gasteiger partial charge in [0.2, 0.25) is 11.7 Å². The molecule has 0 saturated carbocycles. The highest BCUT2D eigenvalue weighted by atomic mass is 16.6. The number of nitrogens with two attached hydrogens (primary N) is 1. The summed E-state index contributed by atoms with van der Waals surface area (Å²) in [5.74, 6) is 2.19. The number of nitrogens with zero attached hydrogens (tertiary/aromatic N) is 2. The zero-order valence-electron chi connectivity index (χ0n) is 10.8. The third kappa shape index (κ3) is 2.15. The van der Waals surface area contributed by atoms with Crippen LogP contribution in [0.15, 0.2) is 22.7 Å². The average molecular weight is 261 g/mol. The lowest BCUT2D eigenvalue weighted by molar-refractivity contribution is 0.172. The molecular weight excluding hydrogens is 246 g/mol. The summed E-state index contributed by atoms with van der Waals surface area (Å²) in [6, 6.07) is 5.59. The van der Waals surface area contributed by atoms with Crippen molar-refractivity contribution in [1.82, 2.24) is 10.1 Å². The van der Waals surface area contributed by atoms with E-state index < -0.39 is 5.54 Å². The Kier molecular flexibility index (Phi) is 2.67. The Morgan fingerprint density at radius 1 is 1.21 bits per heavy atom. The zero-order chi connectivity index (χ0) is 13.5. The molecule has 1 aliphatic heterocycles. The third-order valence-corrected chi connectivity index (χ3v) is 2.78. The van der Waals surface area contributed by atoms with Gasteiger partial charge in [-0.15, -0.1) is 0 Å². The molecule has 0 spiro atoms. The Labute approximate surface area is 110 Å². The van der Waals surface area contributed by atoms with Gasteiger partial charge in [-0.3, -0.25) is 0 Å². The highest BCUT2D eigenvalue weighted by Crippen LogP contribution is 2.38. The van der Waals surface area contributed by atoms with Gasteiger partial charge in [-0.2, -0.15) is 4.98 Å². The Hall–Kier alpha value is -2.08. The first-order valence-electron chi connectivity index (χ1n) is 6.08. The second-order valence-electron chi connectivity index (χ2n) is 4.97. The van der Waals surface area contributed by atoms with Crippen molar-refractivity contribution >= 4 is 0 Å². The minimum atomic E-state index is -0.669. The lowest BCUT2D eigenvalue weighted by Crippen LogP contribution is -2.29. The molecule has 0 fully saturated rings. The summed E-state index contributed by atoms with van der Waals surface area (Å²) in [6.45, 7) is 4.68. The summed E-state index contributed by atoms with van der Waals surface area (Å²) in [5.41, 5.74) is 6.01. The van der Waals surface area contributed by atoms with Gasteiger partial charge in [0.15, 0.2) is 11.5 Å². The SMILES string of the molecule is CC(C)(N)c1nc(-c2cccc3c2OCCO3)no1. The molecule has 0 unspecified atom stereocenters. The Balaban J connectivity index is 2.05. The van der Waals surface area contributed by atoms with Crippen LogP contribution in [-0.2, 0) is 5.54 Å². The number of ether oxygens (including phenoxy) is 2. The van der Waals surface area contributed by atoms with Crippen LogP contribution in [0.1, 0.15) is 19.7 Å². The molecule has 2 heterocycles. The largest absolute Gasteiger partial charge is 0.486 e. The number of hydrogen-bond donors (Lipinski definition) is 1. The molecule has 1 aromatic heterocycles. The zero-order valence-corrected chi connectivity index (χ0v) is 10.8. The Morgan fingerprint density at radius 3 is 2.74 bits per heavy atom. The van der Waals surface area contributed by atoms with Crippen molar-refractivity contribution in [1.29, 1.82) is 0 Å². The van der Waals surface area contributed by atoms with Crippen LogP contribution in [0.2, 0.25) is 0 Å². The number of para-hydroxylation sites is 1. The van der Waals surface area contributed by atoms with Gasteiger partial charge in [0.05, 0.1) is 11.1 Å². The van der Waals surface area contributed by atoms with Crippen LogP contribution in [0, 0.1) is 0 Å². The predicted molar refractivity (Wildman–Crippen MR) is 67.9 cm³/mol. The molecule has 6 nitrogen and oxygen atoms in total. The summed E-state index contributed by atoms with van der Waals surface area (Å²) >= 11 is 0. The molecule has 6 heteroatoms. The van der Waals surface area contributed by atoms with E-state index in [0.29, 0.717) is 36.4 Å². The predicted octanol–water partition coefficient (Wildman–Crippen LogP) is 1.70. The van der Waals surface area contributed by atoms with E-state index in [9.17, 15) is 0 Å². The average Bonchev–Trinajstić information content (AvgIpc) is 2.87. The molecule has 100 valence electrons. The molecule has 19 heavy (non-hydrogen) atoms. The van der Waals surface area contributed by atoms with Crippen molar-refractivity contribution in [3.05, 3.63) is 24.1 Å². The molecule has 2 aromatic rings. The molecule has 0 aliphatic carbocycles. The number of fused-ring (bicyclic) bond motifs is 1. The molecule has 0 saturated heterocycles. The summed E-state index contributed by atoms with van der Waals surface area (Å²) in [7, 11) is 0. The van der Waals surface area contributed by atoms with E-state index in [-0.39, 0.29) is 0 Å². The minimum Gasteiger partial charge on any atom is -0.486 e. The van der Waals surface area contributed by atoms with E-state index in [1.54, 1.807) is 0 Å². The first-order valence-corrected chi connectivity index (χ1v) is 6.08. The van der Waals surface area contributed by atoms with E-state index in [1.807, 2.05) is 32.0 Å². The van der Waals surface area contributed by atoms with Crippen LogP contribution < -0.4 is 15.2 Å². The van der Waals surface area contributed by atoms with Crippen LogP contribution in [-0.4, -0.2) is 23.4 Å². The second kappa shape index (κ2) is 4.24. The number of rotatable bonds is 2. The summed E-state index contributed by atoms with van der Waals surface area (Å²) in [4.78, 5) is 4.32. The molecule has 0 radical (unpaired) electrons. The maximum Gasteiger partial charge on any atom is 0.246 e.